The number of ether oxygens (including phenoxy) is 1. The maximum atomic E-state index is 13.0. The second-order valence-electron chi connectivity index (χ2n) is 7.15. The van der Waals surface area contributed by atoms with Crippen LogP contribution in [0, 0.1) is 5.92 Å². The first-order chi connectivity index (χ1) is 12.7. The van der Waals surface area contributed by atoms with Crippen LogP contribution in [0.5, 0.6) is 0 Å². The second kappa shape index (κ2) is 9.19. The van der Waals surface area contributed by atoms with Crippen molar-refractivity contribution in [3.63, 3.8) is 0 Å². The van der Waals surface area contributed by atoms with E-state index in [0.717, 1.165) is 51.2 Å². The van der Waals surface area contributed by atoms with Crippen molar-refractivity contribution in [2.24, 2.45) is 5.92 Å². The summed E-state index contributed by atoms with van der Waals surface area (Å²) in [5.74, 6) is 1.22. The summed E-state index contributed by atoms with van der Waals surface area (Å²) < 4.78 is 10.4. The van der Waals surface area contributed by atoms with Gasteiger partial charge in [0.15, 0.2) is 0 Å². The van der Waals surface area contributed by atoms with Gasteiger partial charge in [0.2, 0.25) is 11.8 Å². The number of nitrogens with zero attached hydrogens (tertiary/aromatic N) is 3. The summed E-state index contributed by atoms with van der Waals surface area (Å²) in [5, 5.41) is 0. The summed E-state index contributed by atoms with van der Waals surface area (Å²) in [5.41, 5.74) is 0. The van der Waals surface area contributed by atoms with Gasteiger partial charge in [-0.3, -0.25) is 14.5 Å². The molecule has 0 saturated carbocycles. The summed E-state index contributed by atoms with van der Waals surface area (Å²) in [4.78, 5) is 31.1. The average molecular weight is 363 g/mol. The van der Waals surface area contributed by atoms with Gasteiger partial charge in [0, 0.05) is 39.8 Å². The van der Waals surface area contributed by atoms with Gasteiger partial charge in [-0.05, 0) is 37.9 Å². The Labute approximate surface area is 154 Å². The smallest absolute Gasteiger partial charge is 0.248 e. The fourth-order valence-corrected chi connectivity index (χ4v) is 3.88. The van der Waals surface area contributed by atoms with Gasteiger partial charge >= 0.3 is 0 Å². The van der Waals surface area contributed by atoms with Crippen molar-refractivity contribution in [1.29, 1.82) is 0 Å². The SMILES string of the molecule is COCC(=O)N1CCCN(C(=O)C2CCCN(Cc3ccco3)C2)CC1. The van der Waals surface area contributed by atoms with Crippen molar-refractivity contribution in [2.45, 2.75) is 25.8 Å². The Morgan fingerprint density at radius 2 is 1.96 bits per heavy atom. The van der Waals surface area contributed by atoms with Crippen molar-refractivity contribution in [1.82, 2.24) is 14.7 Å². The Morgan fingerprint density at radius 1 is 1.15 bits per heavy atom. The highest BCUT2D eigenvalue weighted by Crippen LogP contribution is 2.21. The van der Waals surface area contributed by atoms with Crippen LogP contribution in [0.2, 0.25) is 0 Å². The molecular formula is C19H29N3O4. The zero-order valence-electron chi connectivity index (χ0n) is 15.6. The minimum absolute atomic E-state index is 0.00379. The van der Waals surface area contributed by atoms with Gasteiger partial charge in [0.05, 0.1) is 18.7 Å². The van der Waals surface area contributed by atoms with Gasteiger partial charge in [-0.1, -0.05) is 0 Å². The molecule has 2 aliphatic rings. The maximum absolute atomic E-state index is 13.0. The predicted octanol–water partition coefficient (Wildman–Crippen LogP) is 1.20. The van der Waals surface area contributed by atoms with E-state index in [9.17, 15) is 9.59 Å². The lowest BCUT2D eigenvalue weighted by molar-refractivity contribution is -0.138. The molecule has 7 heteroatoms. The molecule has 1 aromatic heterocycles. The molecule has 2 aliphatic heterocycles. The number of amides is 2. The fourth-order valence-electron chi connectivity index (χ4n) is 3.88. The van der Waals surface area contributed by atoms with Crippen molar-refractivity contribution in [2.75, 3.05) is 53.0 Å². The van der Waals surface area contributed by atoms with Crippen molar-refractivity contribution < 1.29 is 18.7 Å². The predicted molar refractivity (Wildman–Crippen MR) is 96.4 cm³/mol. The van der Waals surface area contributed by atoms with Crippen LogP contribution in [0.1, 0.15) is 25.0 Å². The third-order valence-corrected chi connectivity index (χ3v) is 5.24. The summed E-state index contributed by atoms with van der Waals surface area (Å²) in [6, 6.07) is 3.88. The average Bonchev–Trinajstić information content (AvgIpc) is 3.03. The molecule has 0 bridgehead atoms. The molecule has 3 rings (SSSR count). The summed E-state index contributed by atoms with van der Waals surface area (Å²) >= 11 is 0. The maximum Gasteiger partial charge on any atom is 0.248 e. The highest BCUT2D eigenvalue weighted by Gasteiger charge is 2.31. The van der Waals surface area contributed by atoms with E-state index in [0.29, 0.717) is 19.6 Å². The van der Waals surface area contributed by atoms with E-state index in [-0.39, 0.29) is 24.3 Å². The molecule has 0 aliphatic carbocycles. The van der Waals surface area contributed by atoms with Gasteiger partial charge in [0.1, 0.15) is 12.4 Å². The normalized spacial score (nSPS) is 22.3. The summed E-state index contributed by atoms with van der Waals surface area (Å²) in [7, 11) is 1.53. The number of carbonyl (C=O) groups is 2. The summed E-state index contributed by atoms with van der Waals surface area (Å²) in [6.45, 7) is 5.28. The Morgan fingerprint density at radius 3 is 2.73 bits per heavy atom. The lowest BCUT2D eigenvalue weighted by Gasteiger charge is -2.34. The van der Waals surface area contributed by atoms with E-state index in [1.165, 1.54) is 7.11 Å². The third-order valence-electron chi connectivity index (χ3n) is 5.24. The first-order valence-electron chi connectivity index (χ1n) is 9.47. The number of hydrogen-bond donors (Lipinski definition) is 0. The van der Waals surface area contributed by atoms with Crippen molar-refractivity contribution in [3.8, 4) is 0 Å². The first-order valence-corrected chi connectivity index (χ1v) is 9.47. The van der Waals surface area contributed by atoms with Gasteiger partial charge in [-0.25, -0.2) is 0 Å². The number of likely N-dealkylation sites (tertiary alicyclic amines) is 1. The topological polar surface area (TPSA) is 66.2 Å². The van der Waals surface area contributed by atoms with E-state index in [2.05, 4.69) is 4.90 Å². The molecule has 1 aromatic rings. The van der Waals surface area contributed by atoms with E-state index in [4.69, 9.17) is 9.15 Å². The van der Waals surface area contributed by atoms with Crippen LogP contribution in [-0.4, -0.2) is 79.5 Å². The van der Waals surface area contributed by atoms with Crippen LogP contribution >= 0.6 is 0 Å². The molecule has 2 fully saturated rings. The van der Waals surface area contributed by atoms with Crippen LogP contribution in [0.3, 0.4) is 0 Å². The van der Waals surface area contributed by atoms with Crippen LogP contribution in [0.4, 0.5) is 0 Å². The van der Waals surface area contributed by atoms with Gasteiger partial charge < -0.3 is 19.0 Å². The number of hydrogen-bond acceptors (Lipinski definition) is 5. The zero-order valence-corrected chi connectivity index (χ0v) is 15.6. The highest BCUT2D eigenvalue weighted by molar-refractivity contribution is 5.80. The number of methoxy groups -OCH3 is 1. The molecule has 26 heavy (non-hydrogen) atoms. The van der Waals surface area contributed by atoms with E-state index in [1.54, 1.807) is 11.2 Å². The minimum atomic E-state index is 0.00379. The molecule has 7 nitrogen and oxygen atoms in total. The summed E-state index contributed by atoms with van der Waals surface area (Å²) in [6.07, 6.45) is 4.49. The second-order valence-corrected chi connectivity index (χ2v) is 7.15. The molecule has 0 aromatic carbocycles. The molecule has 0 radical (unpaired) electrons. The largest absolute Gasteiger partial charge is 0.468 e. The molecule has 2 saturated heterocycles. The Kier molecular flexibility index (Phi) is 6.68. The van der Waals surface area contributed by atoms with Crippen LogP contribution in [-0.2, 0) is 20.9 Å². The van der Waals surface area contributed by atoms with E-state index < -0.39 is 0 Å². The lowest BCUT2D eigenvalue weighted by atomic mass is 9.96. The molecule has 1 atom stereocenters. The Bertz CT molecular complexity index is 590. The molecule has 2 amide bonds. The zero-order chi connectivity index (χ0) is 18.4. The van der Waals surface area contributed by atoms with E-state index >= 15 is 0 Å². The standard InChI is InChI=1S/C19H29N3O4/c1-25-15-18(23)21-8-4-9-22(11-10-21)19(24)16-5-2-7-20(13-16)14-17-6-3-12-26-17/h3,6,12,16H,2,4-5,7-11,13-15H2,1H3. The molecule has 0 N–H and O–H groups in total. The van der Waals surface area contributed by atoms with Crippen LogP contribution in [0.25, 0.3) is 0 Å². The molecule has 3 heterocycles. The quantitative estimate of drug-likeness (QED) is 0.786. The first kappa shape index (κ1) is 18.9. The molecule has 144 valence electrons. The highest BCUT2D eigenvalue weighted by atomic mass is 16.5. The van der Waals surface area contributed by atoms with Gasteiger partial charge in [-0.15, -0.1) is 0 Å². The van der Waals surface area contributed by atoms with Gasteiger partial charge in [-0.2, -0.15) is 0 Å². The molecule has 1 unspecified atom stereocenters. The van der Waals surface area contributed by atoms with Crippen molar-refractivity contribution in [3.05, 3.63) is 24.2 Å². The molecular weight excluding hydrogens is 334 g/mol. The number of furan rings is 1. The fraction of sp³-hybridized carbons (Fsp3) is 0.684. The monoisotopic (exact) mass is 363 g/mol. The Balaban J connectivity index is 1.52. The lowest BCUT2D eigenvalue weighted by Crippen LogP contribution is -2.46. The van der Waals surface area contributed by atoms with Crippen LogP contribution < -0.4 is 0 Å². The van der Waals surface area contributed by atoms with Crippen molar-refractivity contribution >= 4 is 11.8 Å². The van der Waals surface area contributed by atoms with E-state index in [1.807, 2.05) is 17.0 Å². The van der Waals surface area contributed by atoms with Crippen LogP contribution in [0.15, 0.2) is 22.8 Å². The Hall–Kier alpha value is -1.86. The number of piperidine rings is 1. The van der Waals surface area contributed by atoms with Gasteiger partial charge in [0.25, 0.3) is 0 Å². The minimum Gasteiger partial charge on any atom is -0.468 e. The number of rotatable bonds is 5. The number of carbonyl (C=O) groups excluding carboxylic acids is 2. The molecule has 0 spiro atoms. The third kappa shape index (κ3) is 4.86.